The molecule has 1 heterocycles. The Balaban J connectivity index is 3.22. The lowest BCUT2D eigenvalue weighted by molar-refractivity contribution is 1.04. The number of rotatable bonds is 0. The fraction of sp³-hybridized carbons (Fsp3) is 0. The maximum atomic E-state index is 8.26. The van der Waals surface area contributed by atoms with E-state index in [1.54, 1.807) is 12.3 Å². The van der Waals surface area contributed by atoms with Gasteiger partial charge in [-0.1, -0.05) is 0 Å². The van der Waals surface area contributed by atoms with Crippen LogP contribution < -0.4 is 0 Å². The third-order valence-corrected chi connectivity index (χ3v) is 0.848. The average Bonchev–Trinajstić information content (AvgIpc) is 2.33. The van der Waals surface area contributed by atoms with Crippen LogP contribution >= 0.6 is 0 Å². The van der Waals surface area contributed by atoms with Gasteiger partial charge in [0.2, 0.25) is 5.82 Å². The predicted molar refractivity (Wildman–Crippen MR) is 28.0 cm³/mol. The van der Waals surface area contributed by atoms with E-state index in [0.717, 1.165) is 4.57 Å². The van der Waals surface area contributed by atoms with E-state index in [1.807, 2.05) is 0 Å². The van der Waals surface area contributed by atoms with E-state index in [2.05, 4.69) is 4.98 Å². The molecule has 0 amide bonds. The Hall–Kier alpha value is -1.81. The minimum absolute atomic E-state index is 0.123. The summed E-state index contributed by atoms with van der Waals surface area (Å²) in [7, 11) is 0. The van der Waals surface area contributed by atoms with Crippen LogP contribution in [0.2, 0.25) is 0 Å². The number of nitriles is 2. The van der Waals surface area contributed by atoms with E-state index in [1.165, 1.54) is 12.4 Å². The Kier molecular flexibility index (Phi) is 1.17. The molecule has 0 spiro atoms. The third kappa shape index (κ3) is 0.731. The highest BCUT2D eigenvalue weighted by Crippen LogP contribution is 1.89. The molecule has 1 aromatic heterocycles. The van der Waals surface area contributed by atoms with Gasteiger partial charge in [-0.25, -0.2) is 9.55 Å². The summed E-state index contributed by atoms with van der Waals surface area (Å²) < 4.78 is 1.10. The molecule has 0 unspecified atom stereocenters. The average molecular weight is 118 g/mol. The molecule has 0 N–H and O–H groups in total. The van der Waals surface area contributed by atoms with Crippen molar-refractivity contribution in [1.82, 2.24) is 9.55 Å². The van der Waals surface area contributed by atoms with Gasteiger partial charge in [0.05, 0.1) is 0 Å². The molecular formula is C5H2N4. The van der Waals surface area contributed by atoms with Crippen LogP contribution in [-0.2, 0) is 0 Å². The van der Waals surface area contributed by atoms with Gasteiger partial charge in [0, 0.05) is 12.4 Å². The molecule has 0 saturated carbocycles. The first-order valence-electron chi connectivity index (χ1n) is 2.22. The summed E-state index contributed by atoms with van der Waals surface area (Å²) in [5, 5.41) is 16.5. The van der Waals surface area contributed by atoms with Crippen molar-refractivity contribution in [2.75, 3.05) is 0 Å². The summed E-state index contributed by atoms with van der Waals surface area (Å²) in [6.45, 7) is 0. The molecule has 4 heteroatoms. The molecule has 1 aromatic rings. The van der Waals surface area contributed by atoms with Crippen LogP contribution in [0.15, 0.2) is 12.4 Å². The van der Waals surface area contributed by atoms with Crippen molar-refractivity contribution in [3.05, 3.63) is 18.2 Å². The molecule has 0 fully saturated rings. The summed E-state index contributed by atoms with van der Waals surface area (Å²) in [4.78, 5) is 3.58. The van der Waals surface area contributed by atoms with Crippen molar-refractivity contribution < 1.29 is 0 Å². The number of aromatic nitrogens is 2. The molecule has 0 aliphatic carbocycles. The van der Waals surface area contributed by atoms with Crippen molar-refractivity contribution >= 4 is 0 Å². The fourth-order valence-corrected chi connectivity index (χ4v) is 0.467. The van der Waals surface area contributed by atoms with E-state index in [4.69, 9.17) is 10.5 Å². The van der Waals surface area contributed by atoms with Crippen LogP contribution in [0.25, 0.3) is 0 Å². The SMILES string of the molecule is N#Cc1nccn1C#N. The second-order valence-corrected chi connectivity index (χ2v) is 1.33. The van der Waals surface area contributed by atoms with Crippen LogP contribution in [0.1, 0.15) is 5.82 Å². The molecule has 0 aliphatic heterocycles. The monoisotopic (exact) mass is 118 g/mol. The van der Waals surface area contributed by atoms with Gasteiger partial charge in [-0.05, 0) is 0 Å². The van der Waals surface area contributed by atoms with Crippen LogP contribution in [0.3, 0.4) is 0 Å². The van der Waals surface area contributed by atoms with E-state index >= 15 is 0 Å². The van der Waals surface area contributed by atoms with Crippen molar-refractivity contribution in [2.24, 2.45) is 0 Å². The van der Waals surface area contributed by atoms with Crippen molar-refractivity contribution in [1.29, 1.82) is 10.5 Å². The van der Waals surface area contributed by atoms with Gasteiger partial charge in [0.1, 0.15) is 6.07 Å². The van der Waals surface area contributed by atoms with Gasteiger partial charge in [-0.15, -0.1) is 0 Å². The second kappa shape index (κ2) is 1.97. The van der Waals surface area contributed by atoms with E-state index < -0.39 is 0 Å². The molecule has 4 nitrogen and oxygen atoms in total. The standard InChI is InChI=1S/C5H2N4/c6-3-5-8-1-2-9(5)4-7/h1-2H. The smallest absolute Gasteiger partial charge is 0.226 e. The molecular weight excluding hydrogens is 116 g/mol. The Morgan fingerprint density at radius 2 is 2.33 bits per heavy atom. The van der Waals surface area contributed by atoms with Crippen molar-refractivity contribution in [2.45, 2.75) is 0 Å². The lowest BCUT2D eigenvalue weighted by Gasteiger charge is -1.80. The minimum Gasteiger partial charge on any atom is -0.227 e. The normalized spacial score (nSPS) is 7.78. The number of hydrogen-bond acceptors (Lipinski definition) is 3. The lowest BCUT2D eigenvalue weighted by Crippen LogP contribution is -1.89. The highest BCUT2D eigenvalue weighted by atomic mass is 15.0. The number of imidazole rings is 1. The maximum absolute atomic E-state index is 8.26. The first kappa shape index (κ1) is 5.33. The highest BCUT2D eigenvalue weighted by Gasteiger charge is 1.95. The maximum Gasteiger partial charge on any atom is 0.226 e. The van der Waals surface area contributed by atoms with E-state index in [-0.39, 0.29) is 5.82 Å². The summed E-state index contributed by atoms with van der Waals surface area (Å²) in [5.74, 6) is 0.123. The summed E-state index contributed by atoms with van der Waals surface area (Å²) in [6, 6.07) is 1.76. The number of hydrogen-bond donors (Lipinski definition) is 0. The van der Waals surface area contributed by atoms with Gasteiger partial charge >= 0.3 is 0 Å². The van der Waals surface area contributed by atoms with Crippen molar-refractivity contribution in [3.63, 3.8) is 0 Å². The van der Waals surface area contributed by atoms with Crippen LogP contribution in [0.5, 0.6) is 0 Å². The van der Waals surface area contributed by atoms with Crippen LogP contribution in [0, 0.1) is 22.8 Å². The first-order chi connectivity index (χ1) is 4.38. The second-order valence-electron chi connectivity index (χ2n) is 1.33. The minimum atomic E-state index is 0.123. The molecule has 0 saturated heterocycles. The summed E-state index contributed by atoms with van der Waals surface area (Å²) in [6.07, 6.45) is 4.59. The lowest BCUT2D eigenvalue weighted by atomic mass is 10.7. The van der Waals surface area contributed by atoms with Gasteiger partial charge in [0.25, 0.3) is 0 Å². The fourth-order valence-electron chi connectivity index (χ4n) is 0.467. The Morgan fingerprint density at radius 3 is 2.78 bits per heavy atom. The largest absolute Gasteiger partial charge is 0.227 e. The Labute approximate surface area is 51.6 Å². The molecule has 42 valence electrons. The molecule has 0 aliphatic rings. The Morgan fingerprint density at radius 1 is 1.56 bits per heavy atom. The highest BCUT2D eigenvalue weighted by molar-refractivity contribution is 5.14. The van der Waals surface area contributed by atoms with Gasteiger partial charge < -0.3 is 0 Å². The summed E-state index contributed by atoms with van der Waals surface area (Å²) >= 11 is 0. The zero-order chi connectivity index (χ0) is 6.69. The molecule has 0 bridgehead atoms. The quantitative estimate of drug-likeness (QED) is 0.484. The van der Waals surface area contributed by atoms with E-state index in [9.17, 15) is 0 Å². The van der Waals surface area contributed by atoms with Crippen molar-refractivity contribution in [3.8, 4) is 12.3 Å². The van der Waals surface area contributed by atoms with Gasteiger partial charge in [-0.3, -0.25) is 0 Å². The zero-order valence-corrected chi connectivity index (χ0v) is 4.44. The molecule has 9 heavy (non-hydrogen) atoms. The van der Waals surface area contributed by atoms with Gasteiger partial charge in [0.15, 0.2) is 6.19 Å². The van der Waals surface area contributed by atoms with Crippen LogP contribution in [0.4, 0.5) is 0 Å². The molecule has 1 rings (SSSR count). The zero-order valence-electron chi connectivity index (χ0n) is 4.44. The topological polar surface area (TPSA) is 65.4 Å². The predicted octanol–water partition coefficient (Wildman–Crippen LogP) is 0.0840. The van der Waals surface area contributed by atoms with Crippen LogP contribution in [-0.4, -0.2) is 9.55 Å². The molecule has 0 atom stereocenters. The first-order valence-corrected chi connectivity index (χ1v) is 2.22. The van der Waals surface area contributed by atoms with Gasteiger partial charge in [-0.2, -0.15) is 10.5 Å². The Bertz CT molecular complexity index is 256. The van der Waals surface area contributed by atoms with E-state index in [0.29, 0.717) is 0 Å². The number of nitrogens with zero attached hydrogens (tertiary/aromatic N) is 4. The molecule has 0 aromatic carbocycles. The summed E-state index contributed by atoms with van der Waals surface area (Å²) in [5.41, 5.74) is 0. The third-order valence-electron chi connectivity index (χ3n) is 0.848. The molecule has 0 radical (unpaired) electrons.